The summed E-state index contributed by atoms with van der Waals surface area (Å²) in [5.41, 5.74) is 4.93. The Morgan fingerprint density at radius 1 is 1.00 bits per heavy atom. The number of aryl methyl sites for hydroxylation is 2. The number of nitrogens with two attached hydrogens (primary N) is 1. The summed E-state index contributed by atoms with van der Waals surface area (Å²) in [6.45, 7) is 11.2. The zero-order valence-electron chi connectivity index (χ0n) is 23.3. The Kier molecular flexibility index (Phi) is 9.07. The Morgan fingerprint density at radius 2 is 1.64 bits per heavy atom. The minimum Gasteiger partial charge on any atom is -0.454 e. The van der Waals surface area contributed by atoms with Crippen molar-refractivity contribution >= 4 is 28.3 Å². The van der Waals surface area contributed by atoms with Gasteiger partial charge in [-0.1, -0.05) is 51.4 Å². The number of hydrogen-bond acceptors (Lipinski definition) is 5. The van der Waals surface area contributed by atoms with Gasteiger partial charge in [0.2, 0.25) is 0 Å². The first-order valence-corrected chi connectivity index (χ1v) is 13.4. The van der Waals surface area contributed by atoms with E-state index in [4.69, 9.17) is 22.1 Å². The molecular formula is C29H34ClFN4O4. The highest BCUT2D eigenvalue weighted by atomic mass is 35.5. The number of ether oxygens (including phenoxy) is 1. The third-order valence-corrected chi connectivity index (χ3v) is 6.64. The van der Waals surface area contributed by atoms with Crippen LogP contribution in [-0.2, 0) is 7.05 Å². The molecule has 0 atom stereocenters. The van der Waals surface area contributed by atoms with Crippen LogP contribution in [0, 0.1) is 19.7 Å². The van der Waals surface area contributed by atoms with Gasteiger partial charge in [-0.05, 0) is 56.5 Å². The van der Waals surface area contributed by atoms with Gasteiger partial charge in [-0.25, -0.2) is 13.8 Å². The van der Waals surface area contributed by atoms with Gasteiger partial charge in [0.05, 0.1) is 16.9 Å². The number of aromatic nitrogens is 3. The number of rotatable bonds is 4. The molecule has 1 aliphatic carbocycles. The largest absolute Gasteiger partial charge is 0.454 e. The molecule has 8 nitrogen and oxygen atoms in total. The van der Waals surface area contributed by atoms with Crippen LogP contribution < -0.4 is 27.3 Å². The van der Waals surface area contributed by atoms with E-state index in [-0.39, 0.29) is 50.5 Å². The van der Waals surface area contributed by atoms with Gasteiger partial charge in [0.15, 0.2) is 5.75 Å². The number of fused-ring (bicyclic) bond motifs is 1. The first kappa shape index (κ1) is 29.7. The van der Waals surface area contributed by atoms with Crippen LogP contribution in [0.25, 0.3) is 16.7 Å². The molecular weight excluding hydrogens is 523 g/mol. The number of anilines is 1. The van der Waals surface area contributed by atoms with Crippen LogP contribution in [-0.4, -0.2) is 13.7 Å². The SMILES string of the molecule is CC.CC.Cc1ccc(-n2c(=O)n(C3CC3)c(=O)c3c(Oc4cccc(N)c4Cl)c(C)c(=O)n(C)c32)c(F)c1. The van der Waals surface area contributed by atoms with Crippen LogP contribution in [0.1, 0.15) is 57.7 Å². The van der Waals surface area contributed by atoms with E-state index in [2.05, 4.69) is 0 Å². The first-order valence-electron chi connectivity index (χ1n) is 13.0. The Labute approximate surface area is 231 Å². The van der Waals surface area contributed by atoms with Crippen molar-refractivity contribution in [1.82, 2.24) is 13.7 Å². The highest BCUT2D eigenvalue weighted by Gasteiger charge is 2.32. The Hall–Kier alpha value is -3.85. The number of hydrogen-bond donors (Lipinski definition) is 1. The van der Waals surface area contributed by atoms with Crippen molar-refractivity contribution in [2.75, 3.05) is 5.73 Å². The summed E-state index contributed by atoms with van der Waals surface area (Å²) in [5.74, 6) is -0.582. The van der Waals surface area contributed by atoms with Gasteiger partial charge < -0.3 is 10.5 Å². The minimum atomic E-state index is -0.723. The summed E-state index contributed by atoms with van der Waals surface area (Å²) >= 11 is 6.32. The Balaban J connectivity index is 0.00000100. The smallest absolute Gasteiger partial charge is 0.337 e. The van der Waals surface area contributed by atoms with Crippen molar-refractivity contribution in [3.63, 3.8) is 0 Å². The molecule has 1 aliphatic rings. The van der Waals surface area contributed by atoms with E-state index in [0.717, 1.165) is 13.7 Å². The lowest BCUT2D eigenvalue weighted by atomic mass is 10.1. The number of halogens is 2. The van der Waals surface area contributed by atoms with Crippen molar-refractivity contribution < 1.29 is 9.13 Å². The second-order valence-electron chi connectivity index (χ2n) is 8.76. The van der Waals surface area contributed by atoms with Crippen molar-refractivity contribution in [1.29, 1.82) is 0 Å². The molecule has 0 bridgehead atoms. The van der Waals surface area contributed by atoms with Gasteiger partial charge in [-0.2, -0.15) is 0 Å². The van der Waals surface area contributed by atoms with Crippen LogP contribution in [0.15, 0.2) is 50.8 Å². The summed E-state index contributed by atoms with van der Waals surface area (Å²) in [6, 6.07) is 8.83. The van der Waals surface area contributed by atoms with Gasteiger partial charge in [0, 0.05) is 13.1 Å². The third kappa shape index (κ3) is 5.23. The monoisotopic (exact) mass is 556 g/mol. The Morgan fingerprint density at radius 3 is 2.23 bits per heavy atom. The molecule has 0 radical (unpaired) electrons. The summed E-state index contributed by atoms with van der Waals surface area (Å²) in [6.07, 6.45) is 1.28. The summed E-state index contributed by atoms with van der Waals surface area (Å²) in [5, 5.41) is 0.0794. The average Bonchev–Trinajstić information content (AvgIpc) is 3.76. The fourth-order valence-corrected chi connectivity index (χ4v) is 4.44. The zero-order chi connectivity index (χ0) is 29.2. The molecule has 10 heteroatoms. The number of benzene rings is 2. The van der Waals surface area contributed by atoms with E-state index >= 15 is 4.39 Å². The molecule has 4 aromatic rings. The number of nitrogen functional groups attached to an aromatic ring is 1. The lowest BCUT2D eigenvalue weighted by molar-refractivity contribution is 0.480. The maximum absolute atomic E-state index is 15.2. The van der Waals surface area contributed by atoms with Crippen molar-refractivity contribution in [3.05, 3.63) is 89.6 Å². The lowest BCUT2D eigenvalue weighted by Crippen LogP contribution is -2.42. The molecule has 39 heavy (non-hydrogen) atoms. The molecule has 1 saturated carbocycles. The predicted molar refractivity (Wildman–Crippen MR) is 155 cm³/mol. The maximum atomic E-state index is 15.2. The highest BCUT2D eigenvalue weighted by Crippen LogP contribution is 2.38. The standard InChI is InChI=1S/C25H22ClFN4O4.2C2H6/c1-12-7-10-17(15(27)11-12)31-22-19(24(33)30(25(31)34)14-8-9-14)21(13(2)23(32)29(22)3)35-18-6-4-5-16(28)20(18)26;2*1-2/h4-7,10-11,14H,8-9,28H2,1-3H3;2*1-2H3. The molecule has 2 heterocycles. The van der Waals surface area contributed by atoms with E-state index in [1.807, 2.05) is 27.7 Å². The molecule has 0 saturated heterocycles. The third-order valence-electron chi connectivity index (χ3n) is 6.24. The lowest BCUT2D eigenvalue weighted by Gasteiger charge is -2.20. The van der Waals surface area contributed by atoms with Crippen LogP contribution in [0.2, 0.25) is 5.02 Å². The van der Waals surface area contributed by atoms with Gasteiger partial charge in [0.1, 0.15) is 27.6 Å². The normalized spacial score (nSPS) is 12.3. The number of nitrogens with zero attached hydrogens (tertiary/aromatic N) is 3. The maximum Gasteiger partial charge on any atom is 0.337 e. The zero-order valence-corrected chi connectivity index (χ0v) is 24.0. The van der Waals surface area contributed by atoms with Crippen molar-refractivity contribution in [3.8, 4) is 17.2 Å². The molecule has 2 aromatic carbocycles. The van der Waals surface area contributed by atoms with Gasteiger partial charge in [0.25, 0.3) is 11.1 Å². The second kappa shape index (κ2) is 11.9. The van der Waals surface area contributed by atoms with Crippen molar-refractivity contribution in [2.24, 2.45) is 7.05 Å². The quantitative estimate of drug-likeness (QED) is 0.310. The summed E-state index contributed by atoms with van der Waals surface area (Å²) in [4.78, 5) is 40.6. The molecule has 0 amide bonds. The molecule has 0 unspecified atom stereocenters. The molecule has 2 aromatic heterocycles. The average molecular weight is 557 g/mol. The Bertz CT molecular complexity index is 1720. The molecule has 208 valence electrons. The predicted octanol–water partition coefficient (Wildman–Crippen LogP) is 6.02. The molecule has 2 N–H and O–H groups in total. The van der Waals surface area contributed by atoms with Crippen LogP contribution >= 0.6 is 11.6 Å². The number of pyridine rings is 1. The second-order valence-corrected chi connectivity index (χ2v) is 9.14. The molecule has 5 rings (SSSR count). The van der Waals surface area contributed by atoms with E-state index < -0.39 is 22.6 Å². The summed E-state index contributed by atoms with van der Waals surface area (Å²) < 4.78 is 24.5. The summed E-state index contributed by atoms with van der Waals surface area (Å²) in [7, 11) is 1.43. The molecule has 1 fully saturated rings. The highest BCUT2D eigenvalue weighted by molar-refractivity contribution is 6.34. The van der Waals surface area contributed by atoms with E-state index in [1.165, 1.54) is 26.1 Å². The van der Waals surface area contributed by atoms with Crippen LogP contribution in [0.3, 0.4) is 0 Å². The fourth-order valence-electron chi connectivity index (χ4n) is 4.27. The minimum absolute atomic E-state index is 0.0328. The van der Waals surface area contributed by atoms with Crippen LogP contribution in [0.4, 0.5) is 10.1 Å². The van der Waals surface area contributed by atoms with E-state index in [9.17, 15) is 14.4 Å². The fraction of sp³-hybridized carbons (Fsp3) is 0.345. The van der Waals surface area contributed by atoms with E-state index in [0.29, 0.717) is 18.4 Å². The molecule has 0 spiro atoms. The van der Waals surface area contributed by atoms with Crippen molar-refractivity contribution in [2.45, 2.75) is 60.4 Å². The topological polar surface area (TPSA) is 101 Å². The van der Waals surface area contributed by atoms with Crippen LogP contribution in [0.5, 0.6) is 11.5 Å². The van der Waals surface area contributed by atoms with Gasteiger partial charge in [-0.3, -0.25) is 18.7 Å². The van der Waals surface area contributed by atoms with E-state index in [1.54, 1.807) is 31.2 Å². The van der Waals surface area contributed by atoms with Gasteiger partial charge >= 0.3 is 5.69 Å². The van der Waals surface area contributed by atoms with Gasteiger partial charge in [-0.15, -0.1) is 0 Å². The molecule has 0 aliphatic heterocycles. The first-order chi connectivity index (χ1) is 18.6.